The number of carbonyl (C=O) groups excluding carboxylic acids is 1. The molecule has 0 aliphatic heterocycles. The van der Waals surface area contributed by atoms with Crippen LogP contribution in [-0.4, -0.2) is 35.6 Å². The minimum Gasteiger partial charge on any atom is -0.481 e. The molecule has 1 N–H and O–H groups in total. The molecule has 0 heterocycles. The first-order valence-electron chi connectivity index (χ1n) is 9.28. The Morgan fingerprint density at radius 1 is 1.11 bits per heavy atom. The fourth-order valence-corrected chi connectivity index (χ4v) is 3.08. The van der Waals surface area contributed by atoms with E-state index < -0.39 is 6.10 Å². The fraction of sp³-hybridized carbons (Fsp3) is 0.261. The molecular weight excluding hydrogens is 357 g/mol. The van der Waals surface area contributed by atoms with E-state index in [1.165, 1.54) is 6.07 Å². The summed E-state index contributed by atoms with van der Waals surface area (Å²) in [5.74, 6) is 0.208. The Bertz CT molecular complexity index is 1000. The Morgan fingerprint density at radius 3 is 2.54 bits per heavy atom. The minimum absolute atomic E-state index is 0.0721. The van der Waals surface area contributed by atoms with E-state index in [2.05, 4.69) is 0 Å². The lowest BCUT2D eigenvalue weighted by molar-refractivity contribution is -0.136. The number of amides is 1. The summed E-state index contributed by atoms with van der Waals surface area (Å²) in [6.07, 6.45) is -0.572. The third-order valence-corrected chi connectivity index (χ3v) is 4.85. The highest BCUT2D eigenvalue weighted by Crippen LogP contribution is 2.29. The van der Waals surface area contributed by atoms with Gasteiger partial charge >= 0.3 is 0 Å². The van der Waals surface area contributed by atoms with Gasteiger partial charge in [-0.3, -0.25) is 4.79 Å². The highest BCUT2D eigenvalue weighted by atomic mass is 19.1. The maximum Gasteiger partial charge on any atom is 0.263 e. The molecule has 28 heavy (non-hydrogen) atoms. The molecule has 3 aromatic rings. The van der Waals surface area contributed by atoms with Gasteiger partial charge in [-0.05, 0) is 66.1 Å². The second-order valence-corrected chi connectivity index (χ2v) is 6.81. The van der Waals surface area contributed by atoms with Crippen LogP contribution in [0.25, 0.3) is 21.9 Å². The number of hydrogen-bond acceptors (Lipinski definition) is 3. The smallest absolute Gasteiger partial charge is 0.263 e. The topological polar surface area (TPSA) is 49.8 Å². The van der Waals surface area contributed by atoms with E-state index in [-0.39, 0.29) is 18.3 Å². The van der Waals surface area contributed by atoms with Crippen molar-refractivity contribution in [2.45, 2.75) is 26.6 Å². The monoisotopic (exact) mass is 381 g/mol. The number of nitrogens with zero attached hydrogens (tertiary/aromatic N) is 1. The lowest BCUT2D eigenvalue weighted by atomic mass is 9.99. The number of likely N-dealkylation sites (N-methyl/N-ethyl adjacent to an activating group) is 1. The molecule has 1 atom stereocenters. The first kappa shape index (κ1) is 19.8. The van der Waals surface area contributed by atoms with Gasteiger partial charge in [0.25, 0.3) is 5.91 Å². The third-order valence-electron chi connectivity index (χ3n) is 4.85. The van der Waals surface area contributed by atoms with Crippen LogP contribution >= 0.6 is 0 Å². The maximum absolute atomic E-state index is 14.2. The largest absolute Gasteiger partial charge is 0.481 e. The molecule has 4 nitrogen and oxygen atoms in total. The highest BCUT2D eigenvalue weighted by molar-refractivity contribution is 5.88. The lowest BCUT2D eigenvalue weighted by Gasteiger charge is -2.20. The van der Waals surface area contributed by atoms with Crippen molar-refractivity contribution in [2.24, 2.45) is 0 Å². The zero-order valence-electron chi connectivity index (χ0n) is 16.3. The molecule has 146 valence electrons. The van der Waals surface area contributed by atoms with E-state index in [1.54, 1.807) is 31.0 Å². The zero-order valence-corrected chi connectivity index (χ0v) is 16.3. The van der Waals surface area contributed by atoms with Crippen LogP contribution in [0.5, 0.6) is 5.75 Å². The van der Waals surface area contributed by atoms with Gasteiger partial charge in [-0.25, -0.2) is 4.39 Å². The van der Waals surface area contributed by atoms with E-state index in [1.807, 2.05) is 43.3 Å². The molecule has 1 amide bonds. The number of aliphatic hydroxyl groups excluding tert-OH is 1. The van der Waals surface area contributed by atoms with Gasteiger partial charge in [0.15, 0.2) is 6.10 Å². The van der Waals surface area contributed by atoms with Crippen molar-refractivity contribution in [3.63, 3.8) is 0 Å². The molecule has 0 saturated heterocycles. The normalized spacial score (nSPS) is 12.0. The van der Waals surface area contributed by atoms with E-state index in [0.717, 1.165) is 16.3 Å². The van der Waals surface area contributed by atoms with E-state index in [4.69, 9.17) is 4.74 Å². The van der Waals surface area contributed by atoms with E-state index >= 15 is 0 Å². The first-order valence-corrected chi connectivity index (χ1v) is 9.28. The van der Waals surface area contributed by atoms with Crippen molar-refractivity contribution in [1.29, 1.82) is 0 Å². The van der Waals surface area contributed by atoms with Crippen molar-refractivity contribution in [3.05, 3.63) is 66.0 Å². The summed E-state index contributed by atoms with van der Waals surface area (Å²) < 4.78 is 20.0. The van der Waals surface area contributed by atoms with Crippen LogP contribution < -0.4 is 4.74 Å². The summed E-state index contributed by atoms with van der Waals surface area (Å²) in [5, 5.41) is 11.2. The molecule has 3 rings (SSSR count). The molecule has 3 aromatic carbocycles. The summed E-state index contributed by atoms with van der Waals surface area (Å²) in [7, 11) is 1.75. The van der Waals surface area contributed by atoms with Gasteiger partial charge in [0.2, 0.25) is 0 Å². The number of fused-ring (bicyclic) bond motifs is 1. The molecule has 0 aliphatic rings. The molecule has 0 aliphatic carbocycles. The number of carbonyl (C=O) groups is 1. The van der Waals surface area contributed by atoms with Crippen molar-refractivity contribution < 1.29 is 19.0 Å². The van der Waals surface area contributed by atoms with Gasteiger partial charge in [-0.2, -0.15) is 0 Å². The Balaban J connectivity index is 1.88. The number of rotatable bonds is 6. The summed E-state index contributed by atoms with van der Waals surface area (Å²) in [6.45, 7) is 4.14. The Morgan fingerprint density at radius 2 is 1.82 bits per heavy atom. The molecule has 0 saturated carbocycles. The Kier molecular flexibility index (Phi) is 5.95. The van der Waals surface area contributed by atoms with Gasteiger partial charge in [-0.15, -0.1) is 0 Å². The summed E-state index contributed by atoms with van der Waals surface area (Å²) >= 11 is 0. The average Bonchev–Trinajstić information content (AvgIpc) is 2.72. The highest BCUT2D eigenvalue weighted by Gasteiger charge is 2.18. The van der Waals surface area contributed by atoms with Gasteiger partial charge in [0.05, 0.1) is 6.61 Å². The Labute approximate surface area is 164 Å². The molecule has 0 radical (unpaired) electrons. The van der Waals surface area contributed by atoms with Gasteiger partial charge in [0, 0.05) is 19.2 Å². The van der Waals surface area contributed by atoms with Crippen LogP contribution in [0.4, 0.5) is 4.39 Å². The van der Waals surface area contributed by atoms with Crippen LogP contribution in [0.1, 0.15) is 19.4 Å². The van der Waals surface area contributed by atoms with E-state index in [9.17, 15) is 14.3 Å². The molecule has 0 bridgehead atoms. The number of ether oxygens (including phenoxy) is 1. The predicted octanol–water partition coefficient (Wildman–Crippen LogP) is 4.38. The van der Waals surface area contributed by atoms with Crippen LogP contribution in [0.2, 0.25) is 0 Å². The fourth-order valence-electron chi connectivity index (χ4n) is 3.08. The van der Waals surface area contributed by atoms with Gasteiger partial charge < -0.3 is 14.7 Å². The molecule has 0 fully saturated rings. The number of aliphatic hydroxyl groups is 1. The third kappa shape index (κ3) is 4.15. The molecule has 1 unspecified atom stereocenters. The van der Waals surface area contributed by atoms with Crippen molar-refractivity contribution in [1.82, 2.24) is 4.90 Å². The molecule has 0 spiro atoms. The summed E-state index contributed by atoms with van der Waals surface area (Å²) in [4.78, 5) is 13.8. The summed E-state index contributed by atoms with van der Waals surface area (Å²) in [6, 6.07) is 15.8. The van der Waals surface area contributed by atoms with Crippen LogP contribution in [0, 0.1) is 5.82 Å². The minimum atomic E-state index is -0.572. The van der Waals surface area contributed by atoms with Crippen LogP contribution in [0.3, 0.4) is 0 Å². The van der Waals surface area contributed by atoms with Gasteiger partial charge in [-0.1, -0.05) is 24.3 Å². The van der Waals surface area contributed by atoms with Crippen LogP contribution in [-0.2, 0) is 11.4 Å². The number of halogens is 1. The molecule has 5 heteroatoms. The lowest BCUT2D eigenvalue weighted by Crippen LogP contribution is -2.37. The zero-order chi connectivity index (χ0) is 20.3. The quantitative estimate of drug-likeness (QED) is 0.689. The second kappa shape index (κ2) is 8.40. The Hall–Kier alpha value is -2.92. The van der Waals surface area contributed by atoms with E-state index in [0.29, 0.717) is 23.4 Å². The molecular formula is C23H24FNO3. The first-order chi connectivity index (χ1) is 13.4. The van der Waals surface area contributed by atoms with Crippen molar-refractivity contribution >= 4 is 16.7 Å². The predicted molar refractivity (Wildman–Crippen MR) is 109 cm³/mol. The number of benzene rings is 3. The number of hydrogen-bond donors (Lipinski definition) is 1. The van der Waals surface area contributed by atoms with Gasteiger partial charge in [0.1, 0.15) is 11.6 Å². The standard InChI is InChI=1S/C23H24FNO3/c1-4-25(3)23(27)15(2)28-20-9-8-17-12-19(7-6-18(17)13-20)21-11-16(14-26)5-10-22(21)24/h5-13,15,26H,4,14H2,1-3H3. The van der Waals surface area contributed by atoms with Crippen molar-refractivity contribution in [2.75, 3.05) is 13.6 Å². The SMILES string of the molecule is CCN(C)C(=O)C(C)Oc1ccc2cc(-c3cc(CO)ccc3F)ccc2c1. The average molecular weight is 381 g/mol. The summed E-state index contributed by atoms with van der Waals surface area (Å²) in [5.41, 5.74) is 1.86. The second-order valence-electron chi connectivity index (χ2n) is 6.81. The molecule has 0 aromatic heterocycles. The maximum atomic E-state index is 14.2. The van der Waals surface area contributed by atoms with Crippen LogP contribution in [0.15, 0.2) is 54.6 Å². The van der Waals surface area contributed by atoms with Crippen molar-refractivity contribution in [3.8, 4) is 16.9 Å².